The van der Waals surface area contributed by atoms with Crippen molar-refractivity contribution in [3.05, 3.63) is 35.4 Å². The highest BCUT2D eigenvalue weighted by Gasteiger charge is 2.33. The fraction of sp³-hybridized carbons (Fsp3) is 0.647. The molecule has 0 aromatic heterocycles. The number of hydrogen-bond donors (Lipinski definition) is 1. The van der Waals surface area contributed by atoms with Crippen LogP contribution in [0.3, 0.4) is 0 Å². The van der Waals surface area contributed by atoms with Crippen LogP contribution >= 0.6 is 0 Å². The molecular weight excluding hydrogens is 232 g/mol. The molecule has 0 radical (unpaired) electrons. The number of likely N-dealkylation sites (N-methyl/N-ethyl adjacent to an activating group) is 2. The second-order valence-electron chi connectivity index (χ2n) is 5.64. The summed E-state index contributed by atoms with van der Waals surface area (Å²) in [4.78, 5) is 2.52. The van der Waals surface area contributed by atoms with E-state index in [2.05, 4.69) is 76.1 Å². The second-order valence-corrected chi connectivity index (χ2v) is 5.64. The first-order valence-electron chi connectivity index (χ1n) is 7.52. The summed E-state index contributed by atoms with van der Waals surface area (Å²) in [5, 5.41) is 3.50. The molecule has 0 saturated carbocycles. The van der Waals surface area contributed by atoms with Gasteiger partial charge in [0.2, 0.25) is 0 Å². The van der Waals surface area contributed by atoms with Gasteiger partial charge in [-0.3, -0.25) is 4.90 Å². The Morgan fingerprint density at radius 1 is 1.05 bits per heavy atom. The molecule has 0 saturated heterocycles. The highest BCUT2D eigenvalue weighted by atomic mass is 15.2. The molecule has 2 nitrogen and oxygen atoms in total. The maximum absolute atomic E-state index is 3.50. The minimum Gasteiger partial charge on any atom is -0.311 e. The van der Waals surface area contributed by atoms with Gasteiger partial charge in [0, 0.05) is 11.6 Å². The van der Waals surface area contributed by atoms with Gasteiger partial charge in [-0.25, -0.2) is 0 Å². The lowest BCUT2D eigenvalue weighted by Crippen LogP contribution is -2.51. The topological polar surface area (TPSA) is 15.3 Å². The van der Waals surface area contributed by atoms with Crippen LogP contribution in [0.4, 0.5) is 0 Å². The van der Waals surface area contributed by atoms with Gasteiger partial charge >= 0.3 is 0 Å². The molecule has 0 aliphatic carbocycles. The first-order chi connectivity index (χ1) is 9.01. The average Bonchev–Trinajstić information content (AvgIpc) is 2.41. The summed E-state index contributed by atoms with van der Waals surface area (Å²) in [5.74, 6) is 0. The third-order valence-electron chi connectivity index (χ3n) is 4.29. The minimum absolute atomic E-state index is 0.103. The van der Waals surface area contributed by atoms with Crippen molar-refractivity contribution in [2.75, 3.05) is 20.1 Å². The molecule has 0 heterocycles. The number of nitrogens with one attached hydrogen (secondary N) is 1. The van der Waals surface area contributed by atoms with E-state index in [0.29, 0.717) is 6.04 Å². The predicted octanol–water partition coefficient (Wildman–Crippen LogP) is 3.63. The van der Waals surface area contributed by atoms with E-state index in [4.69, 9.17) is 0 Å². The molecule has 1 rings (SSSR count). The Labute approximate surface area is 119 Å². The van der Waals surface area contributed by atoms with E-state index in [0.717, 1.165) is 19.5 Å². The molecule has 0 spiro atoms. The van der Waals surface area contributed by atoms with Gasteiger partial charge in [0.25, 0.3) is 0 Å². The molecule has 1 N–H and O–H groups in total. The molecule has 0 fully saturated rings. The standard InChI is InChI=1S/C17H30N2/c1-7-14-10-12-15(13-11-14)16(18-6)17(4,5)19(8-2)9-3/h10-13,16,18H,7-9H2,1-6H3. The minimum atomic E-state index is 0.103. The number of nitrogens with zero attached hydrogens (tertiary/aromatic N) is 1. The Hall–Kier alpha value is -0.860. The summed E-state index contributed by atoms with van der Waals surface area (Å²) in [5.41, 5.74) is 2.88. The predicted molar refractivity (Wildman–Crippen MR) is 84.6 cm³/mol. The van der Waals surface area contributed by atoms with E-state index in [1.165, 1.54) is 11.1 Å². The van der Waals surface area contributed by atoms with Crippen LogP contribution in [0.5, 0.6) is 0 Å². The molecule has 0 aliphatic rings. The van der Waals surface area contributed by atoms with Gasteiger partial charge in [-0.05, 0) is 51.5 Å². The molecule has 108 valence electrons. The summed E-state index contributed by atoms with van der Waals surface area (Å²) in [6.45, 7) is 13.5. The monoisotopic (exact) mass is 262 g/mol. The van der Waals surface area contributed by atoms with Crippen molar-refractivity contribution < 1.29 is 0 Å². The van der Waals surface area contributed by atoms with E-state index >= 15 is 0 Å². The van der Waals surface area contributed by atoms with Crippen LogP contribution in [-0.2, 0) is 6.42 Å². The largest absolute Gasteiger partial charge is 0.311 e. The summed E-state index contributed by atoms with van der Waals surface area (Å²) in [6, 6.07) is 9.38. The molecule has 19 heavy (non-hydrogen) atoms. The van der Waals surface area contributed by atoms with Crippen molar-refractivity contribution in [3.8, 4) is 0 Å². The zero-order valence-electron chi connectivity index (χ0n) is 13.5. The Kier molecular flexibility index (Phi) is 6.02. The first kappa shape index (κ1) is 16.2. The summed E-state index contributed by atoms with van der Waals surface area (Å²) >= 11 is 0. The van der Waals surface area contributed by atoms with E-state index in [9.17, 15) is 0 Å². The highest BCUT2D eigenvalue weighted by Crippen LogP contribution is 2.30. The van der Waals surface area contributed by atoms with Crippen LogP contribution in [0.15, 0.2) is 24.3 Å². The molecule has 1 unspecified atom stereocenters. The van der Waals surface area contributed by atoms with E-state index < -0.39 is 0 Å². The van der Waals surface area contributed by atoms with Crippen LogP contribution in [0.25, 0.3) is 0 Å². The lowest BCUT2D eigenvalue weighted by Gasteiger charge is -2.43. The van der Waals surface area contributed by atoms with Crippen LogP contribution in [-0.4, -0.2) is 30.6 Å². The zero-order chi connectivity index (χ0) is 14.5. The van der Waals surface area contributed by atoms with Crippen molar-refractivity contribution in [1.82, 2.24) is 10.2 Å². The van der Waals surface area contributed by atoms with Gasteiger partial charge in [-0.1, -0.05) is 45.0 Å². The third kappa shape index (κ3) is 3.58. The van der Waals surface area contributed by atoms with Gasteiger partial charge in [0.05, 0.1) is 0 Å². The van der Waals surface area contributed by atoms with Crippen molar-refractivity contribution in [2.45, 2.75) is 52.6 Å². The second kappa shape index (κ2) is 7.06. The highest BCUT2D eigenvalue weighted by molar-refractivity contribution is 5.27. The number of rotatable bonds is 7. The van der Waals surface area contributed by atoms with E-state index in [1.54, 1.807) is 0 Å². The Balaban J connectivity index is 3.03. The summed E-state index contributed by atoms with van der Waals surface area (Å²) < 4.78 is 0. The SMILES string of the molecule is CCc1ccc(C(NC)C(C)(C)N(CC)CC)cc1. The smallest absolute Gasteiger partial charge is 0.0499 e. The summed E-state index contributed by atoms with van der Waals surface area (Å²) in [7, 11) is 2.06. The number of hydrogen-bond acceptors (Lipinski definition) is 2. The van der Waals surface area contributed by atoms with Crippen LogP contribution in [0, 0.1) is 0 Å². The fourth-order valence-corrected chi connectivity index (χ4v) is 3.09. The number of aryl methyl sites for hydroxylation is 1. The zero-order valence-corrected chi connectivity index (χ0v) is 13.5. The van der Waals surface area contributed by atoms with Crippen LogP contribution < -0.4 is 5.32 Å². The number of benzene rings is 1. The van der Waals surface area contributed by atoms with Gasteiger partial charge in [0.15, 0.2) is 0 Å². The van der Waals surface area contributed by atoms with Crippen LogP contribution in [0.1, 0.15) is 51.8 Å². The average molecular weight is 262 g/mol. The molecule has 1 aromatic rings. The first-order valence-corrected chi connectivity index (χ1v) is 7.52. The maximum Gasteiger partial charge on any atom is 0.0499 e. The molecule has 2 heteroatoms. The van der Waals surface area contributed by atoms with Crippen molar-refractivity contribution >= 4 is 0 Å². The summed E-state index contributed by atoms with van der Waals surface area (Å²) in [6.07, 6.45) is 1.10. The Morgan fingerprint density at radius 2 is 1.58 bits per heavy atom. The molecular formula is C17H30N2. The maximum atomic E-state index is 3.50. The normalized spacial score (nSPS) is 13.8. The van der Waals surface area contributed by atoms with Crippen molar-refractivity contribution in [2.24, 2.45) is 0 Å². The van der Waals surface area contributed by atoms with Gasteiger partial charge in [0.1, 0.15) is 0 Å². The molecule has 0 amide bonds. The Bertz CT molecular complexity index is 363. The molecule has 1 atom stereocenters. The quantitative estimate of drug-likeness (QED) is 0.807. The molecule has 0 aliphatic heterocycles. The van der Waals surface area contributed by atoms with Crippen molar-refractivity contribution in [1.29, 1.82) is 0 Å². The third-order valence-corrected chi connectivity index (χ3v) is 4.29. The van der Waals surface area contributed by atoms with E-state index in [-0.39, 0.29) is 5.54 Å². The molecule has 1 aromatic carbocycles. The lowest BCUT2D eigenvalue weighted by molar-refractivity contribution is 0.0944. The van der Waals surface area contributed by atoms with Crippen LogP contribution in [0.2, 0.25) is 0 Å². The lowest BCUT2D eigenvalue weighted by atomic mass is 9.86. The van der Waals surface area contributed by atoms with Crippen molar-refractivity contribution in [3.63, 3.8) is 0 Å². The van der Waals surface area contributed by atoms with E-state index in [1.807, 2.05) is 0 Å². The molecule has 0 bridgehead atoms. The Morgan fingerprint density at radius 3 is 1.95 bits per heavy atom. The van der Waals surface area contributed by atoms with Gasteiger partial charge in [-0.15, -0.1) is 0 Å². The van der Waals surface area contributed by atoms with Gasteiger partial charge in [-0.2, -0.15) is 0 Å². The van der Waals surface area contributed by atoms with Gasteiger partial charge < -0.3 is 5.32 Å². The fourth-order valence-electron chi connectivity index (χ4n) is 3.09.